The summed E-state index contributed by atoms with van der Waals surface area (Å²) in [7, 11) is 0. The van der Waals surface area contributed by atoms with E-state index in [1.807, 2.05) is 0 Å². The molecule has 1 aromatic carbocycles. The molecule has 1 aromatic rings. The van der Waals surface area contributed by atoms with Gasteiger partial charge in [0.05, 0.1) is 11.1 Å². The fraction of sp³-hybridized carbons (Fsp3) is 0.467. The SMILES string of the molecule is FC(F)(F)c1cc(C2=CCCCCC2)cc(C(F)(F)F)c1. The summed E-state index contributed by atoms with van der Waals surface area (Å²) in [5.41, 5.74) is -1.90. The monoisotopic (exact) mass is 308 g/mol. The minimum Gasteiger partial charge on any atom is -0.166 e. The highest BCUT2D eigenvalue weighted by molar-refractivity contribution is 5.67. The quantitative estimate of drug-likeness (QED) is 0.552. The van der Waals surface area contributed by atoms with E-state index in [4.69, 9.17) is 0 Å². The molecule has 2 rings (SSSR count). The number of benzene rings is 1. The zero-order valence-electron chi connectivity index (χ0n) is 11.1. The molecule has 0 spiro atoms. The summed E-state index contributed by atoms with van der Waals surface area (Å²) in [5.74, 6) is 0. The lowest BCUT2D eigenvalue weighted by atomic mass is 9.96. The van der Waals surface area contributed by atoms with Crippen LogP contribution in [-0.4, -0.2) is 0 Å². The van der Waals surface area contributed by atoms with Gasteiger partial charge in [-0.25, -0.2) is 0 Å². The molecule has 0 atom stereocenters. The van der Waals surface area contributed by atoms with Gasteiger partial charge in [0, 0.05) is 0 Å². The fourth-order valence-corrected chi connectivity index (χ4v) is 2.42. The van der Waals surface area contributed by atoms with E-state index in [1.165, 1.54) is 0 Å². The Bertz CT molecular complexity index is 504. The Labute approximate surface area is 118 Å². The molecule has 116 valence electrons. The van der Waals surface area contributed by atoms with Crippen molar-refractivity contribution in [2.45, 2.75) is 44.5 Å². The largest absolute Gasteiger partial charge is 0.416 e. The molecule has 6 heteroatoms. The van der Waals surface area contributed by atoms with E-state index < -0.39 is 23.5 Å². The van der Waals surface area contributed by atoms with Crippen LogP contribution in [0, 0.1) is 0 Å². The summed E-state index contributed by atoms with van der Waals surface area (Å²) in [6.07, 6.45) is -4.00. The van der Waals surface area contributed by atoms with Crippen LogP contribution in [-0.2, 0) is 12.4 Å². The molecule has 0 bridgehead atoms. The lowest BCUT2D eigenvalue weighted by molar-refractivity contribution is -0.143. The molecular formula is C15H14F6. The smallest absolute Gasteiger partial charge is 0.166 e. The standard InChI is InChI=1S/C15H14F6/c16-14(17,18)12-7-11(8-13(9-12)15(19,20)21)10-5-3-1-2-4-6-10/h5,7-9H,1-4,6H2. The second-order valence-electron chi connectivity index (χ2n) is 5.12. The first-order chi connectivity index (χ1) is 9.68. The van der Waals surface area contributed by atoms with Crippen LogP contribution in [0.3, 0.4) is 0 Å². The average Bonchev–Trinajstić information content (AvgIpc) is 2.65. The first kappa shape index (κ1) is 15.9. The van der Waals surface area contributed by atoms with Crippen molar-refractivity contribution < 1.29 is 26.3 Å². The zero-order chi connectivity index (χ0) is 15.7. The third kappa shape index (κ3) is 4.02. The number of rotatable bonds is 1. The van der Waals surface area contributed by atoms with Gasteiger partial charge in [0.25, 0.3) is 0 Å². The summed E-state index contributed by atoms with van der Waals surface area (Å²) in [4.78, 5) is 0. The summed E-state index contributed by atoms with van der Waals surface area (Å²) >= 11 is 0. The number of halogens is 6. The molecule has 0 aliphatic heterocycles. The second-order valence-corrected chi connectivity index (χ2v) is 5.12. The lowest BCUT2D eigenvalue weighted by Crippen LogP contribution is -2.11. The van der Waals surface area contributed by atoms with Crippen LogP contribution < -0.4 is 0 Å². The third-order valence-corrected chi connectivity index (χ3v) is 3.50. The van der Waals surface area contributed by atoms with Gasteiger partial charge >= 0.3 is 12.4 Å². The summed E-state index contributed by atoms with van der Waals surface area (Å²) in [5, 5.41) is 0. The second kappa shape index (κ2) is 5.73. The third-order valence-electron chi connectivity index (χ3n) is 3.50. The van der Waals surface area contributed by atoms with Crippen molar-refractivity contribution in [3.05, 3.63) is 41.0 Å². The van der Waals surface area contributed by atoms with Crippen molar-refractivity contribution in [2.75, 3.05) is 0 Å². The normalized spacial score (nSPS) is 17.3. The van der Waals surface area contributed by atoms with Crippen molar-refractivity contribution in [3.63, 3.8) is 0 Å². The molecule has 0 heterocycles. The van der Waals surface area contributed by atoms with Crippen LogP contribution in [0.15, 0.2) is 24.3 Å². The van der Waals surface area contributed by atoms with Crippen LogP contribution in [0.4, 0.5) is 26.3 Å². The van der Waals surface area contributed by atoms with Gasteiger partial charge in [0.15, 0.2) is 0 Å². The van der Waals surface area contributed by atoms with Gasteiger partial charge in [-0.05, 0) is 55.0 Å². The topological polar surface area (TPSA) is 0 Å². The van der Waals surface area contributed by atoms with E-state index >= 15 is 0 Å². The molecule has 21 heavy (non-hydrogen) atoms. The average molecular weight is 308 g/mol. The first-order valence-corrected chi connectivity index (χ1v) is 6.67. The Morgan fingerprint density at radius 2 is 1.29 bits per heavy atom. The molecule has 0 radical (unpaired) electrons. The van der Waals surface area contributed by atoms with Crippen molar-refractivity contribution in [1.82, 2.24) is 0 Å². The van der Waals surface area contributed by atoms with Crippen molar-refractivity contribution in [3.8, 4) is 0 Å². The number of allylic oxidation sites excluding steroid dienone is 2. The van der Waals surface area contributed by atoms with Crippen LogP contribution in [0.1, 0.15) is 48.8 Å². The lowest BCUT2D eigenvalue weighted by Gasteiger charge is -2.15. The fourth-order valence-electron chi connectivity index (χ4n) is 2.42. The van der Waals surface area contributed by atoms with Gasteiger partial charge in [-0.3, -0.25) is 0 Å². The van der Waals surface area contributed by atoms with Crippen molar-refractivity contribution >= 4 is 5.57 Å². The highest BCUT2D eigenvalue weighted by Crippen LogP contribution is 2.38. The first-order valence-electron chi connectivity index (χ1n) is 6.67. The molecule has 0 saturated carbocycles. The maximum Gasteiger partial charge on any atom is 0.416 e. The highest BCUT2D eigenvalue weighted by Gasteiger charge is 2.37. The Balaban J connectivity index is 2.52. The van der Waals surface area contributed by atoms with Gasteiger partial charge in [0.2, 0.25) is 0 Å². The van der Waals surface area contributed by atoms with E-state index in [0.717, 1.165) is 31.4 Å². The predicted octanol–water partition coefficient (Wildman–Crippen LogP) is 6.07. The Morgan fingerprint density at radius 3 is 1.81 bits per heavy atom. The van der Waals surface area contributed by atoms with E-state index in [9.17, 15) is 26.3 Å². The van der Waals surface area contributed by atoms with Gasteiger partial charge in [-0.2, -0.15) is 26.3 Å². The highest BCUT2D eigenvalue weighted by atomic mass is 19.4. The molecular weight excluding hydrogens is 294 g/mol. The Morgan fingerprint density at radius 1 is 0.714 bits per heavy atom. The predicted molar refractivity (Wildman–Crippen MR) is 67.5 cm³/mol. The van der Waals surface area contributed by atoms with Gasteiger partial charge in [-0.15, -0.1) is 0 Å². The Kier molecular flexibility index (Phi) is 4.35. The van der Waals surface area contributed by atoms with E-state index in [0.29, 0.717) is 18.4 Å². The van der Waals surface area contributed by atoms with Gasteiger partial charge in [0.1, 0.15) is 0 Å². The summed E-state index contributed by atoms with van der Waals surface area (Å²) in [6.45, 7) is 0. The maximum absolute atomic E-state index is 12.8. The van der Waals surface area contributed by atoms with Crippen LogP contribution in [0.5, 0.6) is 0 Å². The van der Waals surface area contributed by atoms with E-state index in [-0.39, 0.29) is 11.6 Å². The number of hydrogen-bond acceptors (Lipinski definition) is 0. The molecule has 0 unspecified atom stereocenters. The van der Waals surface area contributed by atoms with Crippen LogP contribution >= 0.6 is 0 Å². The minimum atomic E-state index is -4.79. The molecule has 0 fully saturated rings. The van der Waals surface area contributed by atoms with E-state index in [1.54, 1.807) is 6.08 Å². The molecule has 0 saturated heterocycles. The van der Waals surface area contributed by atoms with Crippen molar-refractivity contribution in [1.29, 1.82) is 0 Å². The summed E-state index contributed by atoms with van der Waals surface area (Å²) < 4.78 is 76.8. The van der Waals surface area contributed by atoms with Crippen LogP contribution in [0.2, 0.25) is 0 Å². The molecule has 0 N–H and O–H groups in total. The number of hydrogen-bond donors (Lipinski definition) is 0. The zero-order valence-corrected chi connectivity index (χ0v) is 11.1. The van der Waals surface area contributed by atoms with Crippen LogP contribution in [0.25, 0.3) is 5.57 Å². The molecule has 0 nitrogen and oxygen atoms in total. The molecule has 0 amide bonds. The molecule has 1 aliphatic carbocycles. The number of alkyl halides is 6. The van der Waals surface area contributed by atoms with Gasteiger partial charge in [-0.1, -0.05) is 12.5 Å². The van der Waals surface area contributed by atoms with E-state index in [2.05, 4.69) is 0 Å². The van der Waals surface area contributed by atoms with Crippen molar-refractivity contribution in [2.24, 2.45) is 0 Å². The Hall–Kier alpha value is -1.46. The van der Waals surface area contributed by atoms with Gasteiger partial charge < -0.3 is 0 Å². The maximum atomic E-state index is 12.8. The molecule has 0 aromatic heterocycles. The molecule has 1 aliphatic rings. The minimum absolute atomic E-state index is 0.0269. The summed E-state index contributed by atoms with van der Waals surface area (Å²) in [6, 6.07) is 1.79.